The van der Waals surface area contributed by atoms with Gasteiger partial charge in [-0.3, -0.25) is 9.59 Å². The van der Waals surface area contributed by atoms with Crippen molar-refractivity contribution in [3.8, 4) is 5.75 Å². The zero-order chi connectivity index (χ0) is 19.6. The van der Waals surface area contributed by atoms with E-state index in [1.165, 1.54) is 0 Å². The molecule has 0 fully saturated rings. The molecule has 0 bridgehead atoms. The lowest BCUT2D eigenvalue weighted by Crippen LogP contribution is -2.39. The fourth-order valence-corrected chi connectivity index (χ4v) is 3.27. The standard InChI is InChI=1S/C21H25BrN2O3/c1-3-24(15-17-7-5-4-6-8-17)21(26)14-23-20(25)12-10-16-9-11-19(27-2)18(22)13-16/h4-9,11,13H,3,10,12,14-15H2,1-2H3,(H,23,25). The van der Waals surface area contributed by atoms with Crippen molar-refractivity contribution in [3.63, 3.8) is 0 Å². The maximum Gasteiger partial charge on any atom is 0.242 e. The number of nitrogens with one attached hydrogen (secondary N) is 1. The third-order valence-electron chi connectivity index (χ3n) is 4.24. The number of rotatable bonds is 9. The second-order valence-corrected chi connectivity index (χ2v) is 6.99. The Labute approximate surface area is 168 Å². The van der Waals surface area contributed by atoms with Crippen molar-refractivity contribution in [2.24, 2.45) is 0 Å². The molecule has 0 saturated carbocycles. The predicted molar refractivity (Wildman–Crippen MR) is 110 cm³/mol. The number of hydrogen-bond donors (Lipinski definition) is 1. The molecule has 5 nitrogen and oxygen atoms in total. The van der Waals surface area contributed by atoms with Gasteiger partial charge in [-0.15, -0.1) is 0 Å². The van der Waals surface area contributed by atoms with Gasteiger partial charge in [-0.25, -0.2) is 0 Å². The molecule has 0 atom stereocenters. The first-order valence-electron chi connectivity index (χ1n) is 8.94. The van der Waals surface area contributed by atoms with Crippen LogP contribution in [0.2, 0.25) is 0 Å². The Morgan fingerprint density at radius 2 is 1.85 bits per heavy atom. The van der Waals surface area contributed by atoms with Crippen molar-refractivity contribution < 1.29 is 14.3 Å². The molecule has 2 aromatic carbocycles. The van der Waals surface area contributed by atoms with Gasteiger partial charge in [0.15, 0.2) is 0 Å². The Hall–Kier alpha value is -2.34. The van der Waals surface area contributed by atoms with Gasteiger partial charge in [-0.2, -0.15) is 0 Å². The summed E-state index contributed by atoms with van der Waals surface area (Å²) in [7, 11) is 1.61. The second-order valence-electron chi connectivity index (χ2n) is 6.14. The first-order valence-corrected chi connectivity index (χ1v) is 9.73. The van der Waals surface area contributed by atoms with Gasteiger partial charge in [0, 0.05) is 19.5 Å². The molecule has 0 aliphatic heterocycles. The highest BCUT2D eigenvalue weighted by Gasteiger charge is 2.13. The number of carbonyl (C=O) groups excluding carboxylic acids is 2. The van der Waals surface area contributed by atoms with E-state index in [9.17, 15) is 9.59 Å². The molecule has 2 amide bonds. The lowest BCUT2D eigenvalue weighted by atomic mass is 10.1. The number of likely N-dealkylation sites (N-methyl/N-ethyl adjacent to an activating group) is 1. The molecular weight excluding hydrogens is 408 g/mol. The molecule has 6 heteroatoms. The van der Waals surface area contributed by atoms with Crippen molar-refractivity contribution >= 4 is 27.7 Å². The van der Waals surface area contributed by atoms with Crippen LogP contribution in [-0.4, -0.2) is 36.9 Å². The number of aryl methyl sites for hydroxylation is 1. The third-order valence-corrected chi connectivity index (χ3v) is 4.86. The first-order chi connectivity index (χ1) is 13.0. The lowest BCUT2D eigenvalue weighted by molar-refractivity contribution is -0.133. The maximum absolute atomic E-state index is 12.4. The average molecular weight is 433 g/mol. The van der Waals surface area contributed by atoms with Crippen LogP contribution in [0.25, 0.3) is 0 Å². The quantitative estimate of drug-likeness (QED) is 0.658. The number of methoxy groups -OCH3 is 1. The van der Waals surface area contributed by atoms with Crippen LogP contribution in [0.5, 0.6) is 5.75 Å². The minimum absolute atomic E-state index is 0.0197. The number of carbonyl (C=O) groups is 2. The summed E-state index contributed by atoms with van der Waals surface area (Å²) >= 11 is 3.44. The zero-order valence-corrected chi connectivity index (χ0v) is 17.3. The Kier molecular flexibility index (Phi) is 8.33. The normalized spacial score (nSPS) is 10.3. The molecule has 144 valence electrons. The molecule has 0 unspecified atom stereocenters. The van der Waals surface area contributed by atoms with Gasteiger partial charge in [0.1, 0.15) is 5.75 Å². The molecule has 0 aliphatic rings. The zero-order valence-electron chi connectivity index (χ0n) is 15.7. The summed E-state index contributed by atoms with van der Waals surface area (Å²) in [4.78, 5) is 26.2. The van der Waals surface area contributed by atoms with Gasteiger partial charge < -0.3 is 15.0 Å². The van der Waals surface area contributed by atoms with E-state index < -0.39 is 0 Å². The highest BCUT2D eigenvalue weighted by Crippen LogP contribution is 2.25. The van der Waals surface area contributed by atoms with Crippen molar-refractivity contribution in [2.75, 3.05) is 20.2 Å². The molecule has 1 N–H and O–H groups in total. The van der Waals surface area contributed by atoms with Crippen LogP contribution >= 0.6 is 15.9 Å². The number of nitrogens with zero attached hydrogens (tertiary/aromatic N) is 1. The molecule has 0 spiro atoms. The number of ether oxygens (including phenoxy) is 1. The van der Waals surface area contributed by atoms with Crippen LogP contribution in [0.15, 0.2) is 53.0 Å². The Morgan fingerprint density at radius 3 is 2.48 bits per heavy atom. The predicted octanol–water partition coefficient (Wildman–Crippen LogP) is 3.56. The fourth-order valence-electron chi connectivity index (χ4n) is 2.68. The van der Waals surface area contributed by atoms with E-state index in [2.05, 4.69) is 21.2 Å². The molecule has 0 radical (unpaired) electrons. The van der Waals surface area contributed by atoms with Crippen LogP contribution in [0.3, 0.4) is 0 Å². The second kappa shape index (κ2) is 10.7. The third kappa shape index (κ3) is 6.71. The Morgan fingerprint density at radius 1 is 1.11 bits per heavy atom. The Bertz CT molecular complexity index is 765. The summed E-state index contributed by atoms with van der Waals surface area (Å²) in [5.74, 6) is 0.542. The topological polar surface area (TPSA) is 58.6 Å². The molecule has 0 heterocycles. The van der Waals surface area contributed by atoms with Gasteiger partial charge in [-0.1, -0.05) is 36.4 Å². The van der Waals surface area contributed by atoms with E-state index in [-0.39, 0.29) is 18.4 Å². The number of benzene rings is 2. The minimum Gasteiger partial charge on any atom is -0.496 e. The van der Waals surface area contributed by atoms with Gasteiger partial charge in [-0.05, 0) is 52.5 Å². The summed E-state index contributed by atoms with van der Waals surface area (Å²) < 4.78 is 6.06. The fraction of sp³-hybridized carbons (Fsp3) is 0.333. The molecular formula is C21H25BrN2O3. The van der Waals surface area contributed by atoms with Gasteiger partial charge in [0.2, 0.25) is 11.8 Å². The monoisotopic (exact) mass is 432 g/mol. The van der Waals surface area contributed by atoms with E-state index in [0.717, 1.165) is 21.3 Å². The van der Waals surface area contributed by atoms with E-state index >= 15 is 0 Å². The average Bonchev–Trinajstić information content (AvgIpc) is 2.69. The highest BCUT2D eigenvalue weighted by atomic mass is 79.9. The molecule has 0 saturated heterocycles. The number of amides is 2. The van der Waals surface area contributed by atoms with Gasteiger partial charge in [0.05, 0.1) is 18.1 Å². The van der Waals surface area contributed by atoms with E-state index in [0.29, 0.717) is 25.9 Å². The van der Waals surface area contributed by atoms with Gasteiger partial charge in [0.25, 0.3) is 0 Å². The minimum atomic E-state index is -0.133. The SMILES string of the molecule is CCN(Cc1ccccc1)C(=O)CNC(=O)CCc1ccc(OC)c(Br)c1. The lowest BCUT2D eigenvalue weighted by Gasteiger charge is -2.21. The summed E-state index contributed by atoms with van der Waals surface area (Å²) in [6, 6.07) is 15.6. The van der Waals surface area contributed by atoms with Crippen LogP contribution in [0.4, 0.5) is 0 Å². The number of halogens is 1. The summed E-state index contributed by atoms with van der Waals surface area (Å²) in [5, 5.41) is 2.72. The van der Waals surface area contributed by atoms with Crippen LogP contribution in [-0.2, 0) is 22.6 Å². The molecule has 27 heavy (non-hydrogen) atoms. The molecule has 2 aromatic rings. The molecule has 0 aromatic heterocycles. The smallest absolute Gasteiger partial charge is 0.242 e. The summed E-state index contributed by atoms with van der Waals surface area (Å²) in [5.41, 5.74) is 2.10. The first kappa shape index (κ1) is 21.0. The van der Waals surface area contributed by atoms with Crippen molar-refractivity contribution in [2.45, 2.75) is 26.3 Å². The largest absolute Gasteiger partial charge is 0.496 e. The van der Waals surface area contributed by atoms with E-state index in [4.69, 9.17) is 4.74 Å². The van der Waals surface area contributed by atoms with Crippen molar-refractivity contribution in [1.82, 2.24) is 10.2 Å². The summed E-state index contributed by atoms with van der Waals surface area (Å²) in [6.45, 7) is 3.10. The van der Waals surface area contributed by atoms with E-state index in [1.54, 1.807) is 12.0 Å². The van der Waals surface area contributed by atoms with Crippen molar-refractivity contribution in [3.05, 3.63) is 64.1 Å². The van der Waals surface area contributed by atoms with Crippen molar-refractivity contribution in [1.29, 1.82) is 0 Å². The van der Waals surface area contributed by atoms with Crippen LogP contribution in [0, 0.1) is 0 Å². The number of hydrogen-bond acceptors (Lipinski definition) is 3. The van der Waals surface area contributed by atoms with Gasteiger partial charge >= 0.3 is 0 Å². The summed E-state index contributed by atoms with van der Waals surface area (Å²) in [6.07, 6.45) is 0.932. The molecule has 0 aliphatic carbocycles. The Balaban J connectivity index is 1.78. The maximum atomic E-state index is 12.4. The molecule has 2 rings (SSSR count). The van der Waals surface area contributed by atoms with Crippen LogP contribution < -0.4 is 10.1 Å². The highest BCUT2D eigenvalue weighted by molar-refractivity contribution is 9.10. The van der Waals surface area contributed by atoms with E-state index in [1.807, 2.05) is 55.5 Å². The van der Waals surface area contributed by atoms with Crippen LogP contribution in [0.1, 0.15) is 24.5 Å².